The van der Waals surface area contributed by atoms with Gasteiger partial charge in [-0.25, -0.2) is 4.79 Å². The third-order valence-corrected chi connectivity index (χ3v) is 4.84. The molecule has 0 aliphatic rings. The lowest BCUT2D eigenvalue weighted by Gasteiger charge is -2.10. The van der Waals surface area contributed by atoms with Gasteiger partial charge in [0.2, 0.25) is 0 Å². The van der Waals surface area contributed by atoms with E-state index < -0.39 is 6.16 Å². The minimum atomic E-state index is -0.801. The highest BCUT2D eigenvalue weighted by Gasteiger charge is 2.10. The fourth-order valence-electron chi connectivity index (χ4n) is 3.15. The van der Waals surface area contributed by atoms with E-state index in [-0.39, 0.29) is 30.8 Å². The lowest BCUT2D eigenvalue weighted by molar-refractivity contribution is -0.118. The quantitative estimate of drug-likeness (QED) is 0.298. The van der Waals surface area contributed by atoms with Crippen LogP contribution in [0, 0.1) is 0 Å². The predicted octanol–water partition coefficient (Wildman–Crippen LogP) is 5.44. The number of carbonyl (C=O) groups excluding carboxylic acids is 3. The average Bonchev–Trinajstić information content (AvgIpc) is 2.85. The molecular weight excluding hydrogens is 448 g/mol. The van der Waals surface area contributed by atoms with Crippen molar-refractivity contribution in [1.82, 2.24) is 0 Å². The van der Waals surface area contributed by atoms with Gasteiger partial charge < -0.3 is 24.8 Å². The monoisotopic (exact) mass is 476 g/mol. The van der Waals surface area contributed by atoms with E-state index in [0.29, 0.717) is 22.7 Å². The van der Waals surface area contributed by atoms with Crippen LogP contribution in [0.3, 0.4) is 0 Å². The summed E-state index contributed by atoms with van der Waals surface area (Å²) in [7, 11) is 0. The highest BCUT2D eigenvalue weighted by atomic mass is 16.7. The summed E-state index contributed by atoms with van der Waals surface area (Å²) in [6, 6.07) is 20.5. The molecule has 0 heterocycles. The van der Waals surface area contributed by atoms with Gasteiger partial charge in [-0.15, -0.1) is 0 Å². The van der Waals surface area contributed by atoms with E-state index in [9.17, 15) is 14.4 Å². The summed E-state index contributed by atoms with van der Waals surface area (Å²) < 4.78 is 15.2. The van der Waals surface area contributed by atoms with Crippen molar-refractivity contribution in [1.29, 1.82) is 0 Å². The first-order valence-electron chi connectivity index (χ1n) is 11.3. The first kappa shape index (κ1) is 25.3. The molecule has 0 saturated heterocycles. The number of hydrogen-bond donors (Lipinski definition) is 2. The number of anilines is 2. The summed E-state index contributed by atoms with van der Waals surface area (Å²) in [6.45, 7) is 3.91. The SMILES string of the molecule is CCCc1ccc(OCC(=O)Nc2ccc(NC(=O)c3ccc(OC(=O)OCC)cc3)cc2)cc1. The number of nitrogens with one attached hydrogen (secondary N) is 2. The lowest BCUT2D eigenvalue weighted by atomic mass is 10.1. The Labute approximate surface area is 204 Å². The molecule has 182 valence electrons. The van der Waals surface area contributed by atoms with Gasteiger partial charge in [-0.05, 0) is 79.6 Å². The molecule has 0 aliphatic carbocycles. The first-order chi connectivity index (χ1) is 17.0. The van der Waals surface area contributed by atoms with Gasteiger partial charge in [0.05, 0.1) is 6.61 Å². The zero-order valence-electron chi connectivity index (χ0n) is 19.7. The molecule has 0 unspecified atom stereocenters. The first-order valence-corrected chi connectivity index (χ1v) is 11.3. The second-order valence-corrected chi connectivity index (χ2v) is 7.57. The van der Waals surface area contributed by atoms with Gasteiger partial charge in [-0.3, -0.25) is 9.59 Å². The summed E-state index contributed by atoms with van der Waals surface area (Å²) in [4.78, 5) is 36.0. The van der Waals surface area contributed by atoms with Gasteiger partial charge in [-0.2, -0.15) is 0 Å². The van der Waals surface area contributed by atoms with Crippen LogP contribution in [0.5, 0.6) is 11.5 Å². The molecule has 0 bridgehead atoms. The highest BCUT2D eigenvalue weighted by Crippen LogP contribution is 2.18. The van der Waals surface area contributed by atoms with E-state index in [2.05, 4.69) is 17.6 Å². The van der Waals surface area contributed by atoms with E-state index in [0.717, 1.165) is 12.8 Å². The molecule has 2 amide bonds. The molecule has 0 saturated carbocycles. The zero-order valence-corrected chi connectivity index (χ0v) is 19.7. The van der Waals surface area contributed by atoms with Crippen LogP contribution in [0.2, 0.25) is 0 Å². The van der Waals surface area contributed by atoms with Crippen LogP contribution in [0.15, 0.2) is 72.8 Å². The number of amides is 2. The molecule has 0 fully saturated rings. The maximum Gasteiger partial charge on any atom is 0.513 e. The Morgan fingerprint density at radius 1 is 0.743 bits per heavy atom. The summed E-state index contributed by atoms with van der Waals surface area (Å²) in [5.74, 6) is 0.295. The summed E-state index contributed by atoms with van der Waals surface area (Å²) in [6.07, 6.45) is 1.28. The molecular formula is C27H28N2O6. The second-order valence-electron chi connectivity index (χ2n) is 7.57. The normalized spacial score (nSPS) is 10.2. The van der Waals surface area contributed by atoms with Gasteiger partial charge in [-0.1, -0.05) is 25.5 Å². The Kier molecular flexibility index (Phi) is 9.24. The van der Waals surface area contributed by atoms with Crippen LogP contribution in [0.4, 0.5) is 16.2 Å². The third kappa shape index (κ3) is 8.19. The van der Waals surface area contributed by atoms with E-state index in [1.807, 2.05) is 24.3 Å². The maximum atomic E-state index is 12.5. The Morgan fingerprint density at radius 3 is 1.94 bits per heavy atom. The lowest BCUT2D eigenvalue weighted by Crippen LogP contribution is -2.20. The number of hydrogen-bond acceptors (Lipinski definition) is 6. The Balaban J connectivity index is 1.46. The van der Waals surface area contributed by atoms with Crippen molar-refractivity contribution in [3.8, 4) is 11.5 Å². The number of rotatable bonds is 10. The Bertz CT molecular complexity index is 1130. The number of benzene rings is 3. The molecule has 8 nitrogen and oxygen atoms in total. The number of ether oxygens (including phenoxy) is 3. The van der Waals surface area contributed by atoms with E-state index >= 15 is 0 Å². The van der Waals surface area contributed by atoms with Gasteiger partial charge in [0.15, 0.2) is 6.61 Å². The van der Waals surface area contributed by atoms with Crippen LogP contribution in [-0.2, 0) is 16.0 Å². The molecule has 0 radical (unpaired) electrons. The minimum absolute atomic E-state index is 0.110. The largest absolute Gasteiger partial charge is 0.513 e. The topological polar surface area (TPSA) is 103 Å². The van der Waals surface area contributed by atoms with Crippen molar-refractivity contribution in [2.45, 2.75) is 26.7 Å². The van der Waals surface area contributed by atoms with Gasteiger partial charge in [0, 0.05) is 16.9 Å². The average molecular weight is 477 g/mol. The van der Waals surface area contributed by atoms with E-state index in [4.69, 9.17) is 14.2 Å². The molecule has 0 atom stereocenters. The van der Waals surface area contributed by atoms with Crippen molar-refractivity contribution in [3.05, 3.63) is 83.9 Å². The minimum Gasteiger partial charge on any atom is -0.484 e. The molecule has 3 aromatic carbocycles. The van der Waals surface area contributed by atoms with Crippen molar-refractivity contribution < 1.29 is 28.6 Å². The van der Waals surface area contributed by atoms with Gasteiger partial charge >= 0.3 is 6.16 Å². The van der Waals surface area contributed by atoms with Crippen LogP contribution in [0.1, 0.15) is 36.2 Å². The summed E-state index contributed by atoms with van der Waals surface area (Å²) in [5.41, 5.74) is 2.76. The smallest absolute Gasteiger partial charge is 0.484 e. The summed E-state index contributed by atoms with van der Waals surface area (Å²) >= 11 is 0. The molecule has 2 N–H and O–H groups in total. The fourth-order valence-corrected chi connectivity index (χ4v) is 3.15. The van der Waals surface area contributed by atoms with E-state index in [1.54, 1.807) is 31.2 Å². The summed E-state index contributed by atoms with van der Waals surface area (Å²) in [5, 5.41) is 5.53. The van der Waals surface area contributed by atoms with Crippen LogP contribution in [0.25, 0.3) is 0 Å². The van der Waals surface area contributed by atoms with Crippen molar-refractivity contribution in [2.24, 2.45) is 0 Å². The van der Waals surface area contributed by atoms with Crippen LogP contribution in [-0.4, -0.2) is 31.2 Å². The van der Waals surface area contributed by atoms with Crippen LogP contribution < -0.4 is 20.1 Å². The second kappa shape index (κ2) is 12.8. The number of carbonyl (C=O) groups is 3. The fraction of sp³-hybridized carbons (Fsp3) is 0.222. The highest BCUT2D eigenvalue weighted by molar-refractivity contribution is 6.04. The van der Waals surface area contributed by atoms with Crippen LogP contribution >= 0.6 is 0 Å². The Morgan fingerprint density at radius 2 is 1.34 bits per heavy atom. The van der Waals surface area contributed by atoms with Gasteiger partial charge in [0.1, 0.15) is 11.5 Å². The molecule has 0 aromatic heterocycles. The third-order valence-electron chi connectivity index (χ3n) is 4.84. The zero-order chi connectivity index (χ0) is 25.0. The van der Waals surface area contributed by atoms with Gasteiger partial charge in [0.25, 0.3) is 11.8 Å². The van der Waals surface area contributed by atoms with Crippen molar-refractivity contribution in [2.75, 3.05) is 23.8 Å². The molecule has 8 heteroatoms. The standard InChI is InChI=1S/C27H28N2O6/c1-3-5-19-6-14-23(15-7-19)34-18-25(30)28-21-10-12-22(13-11-21)29-26(31)20-8-16-24(17-9-20)35-27(32)33-4-2/h6-17H,3-5,18H2,1-2H3,(H,28,30)(H,29,31). The Hall–Kier alpha value is -4.33. The van der Waals surface area contributed by atoms with E-state index in [1.165, 1.54) is 29.8 Å². The molecule has 3 rings (SSSR count). The molecule has 0 spiro atoms. The van der Waals surface area contributed by atoms with Crippen molar-refractivity contribution >= 4 is 29.3 Å². The molecule has 0 aliphatic heterocycles. The van der Waals surface area contributed by atoms with Crippen molar-refractivity contribution in [3.63, 3.8) is 0 Å². The number of aryl methyl sites for hydroxylation is 1. The molecule has 3 aromatic rings. The molecule has 35 heavy (non-hydrogen) atoms. The maximum absolute atomic E-state index is 12.5. The predicted molar refractivity (Wildman–Crippen MR) is 133 cm³/mol.